The van der Waals surface area contributed by atoms with E-state index in [1.165, 1.54) is 7.11 Å². The molecule has 0 saturated carbocycles. The zero-order valence-corrected chi connectivity index (χ0v) is 11.5. The normalized spacial score (nSPS) is 18.8. The Morgan fingerprint density at radius 2 is 2.47 bits per heavy atom. The van der Waals surface area contributed by atoms with E-state index in [2.05, 4.69) is 9.88 Å². The number of rotatable bonds is 5. The highest BCUT2D eigenvalue weighted by Gasteiger charge is 2.19. The van der Waals surface area contributed by atoms with Gasteiger partial charge in [0.15, 0.2) is 0 Å². The second kappa shape index (κ2) is 6.63. The molecular weight excluding hydrogens is 244 g/mol. The molecule has 0 spiro atoms. The van der Waals surface area contributed by atoms with Crippen LogP contribution in [0.5, 0.6) is 0 Å². The zero-order valence-electron chi connectivity index (χ0n) is 11.5. The van der Waals surface area contributed by atoms with Gasteiger partial charge in [0.2, 0.25) is 0 Å². The number of aromatic nitrogens is 1. The number of likely N-dealkylation sites (N-methyl/N-ethyl adjacent to an activating group) is 1. The van der Waals surface area contributed by atoms with Crippen molar-refractivity contribution in [2.75, 3.05) is 27.3 Å². The summed E-state index contributed by atoms with van der Waals surface area (Å²) in [6.45, 7) is 2.33. The summed E-state index contributed by atoms with van der Waals surface area (Å²) < 4.78 is 10.4. The number of nitrogens with zero attached hydrogens (tertiary/aromatic N) is 2. The number of hydrogen-bond donors (Lipinski definition) is 0. The number of carbonyl (C=O) groups is 1. The predicted octanol–water partition coefficient (Wildman–Crippen LogP) is 1.48. The number of esters is 1. The number of pyridine rings is 1. The fourth-order valence-electron chi connectivity index (χ4n) is 2.32. The summed E-state index contributed by atoms with van der Waals surface area (Å²) >= 11 is 0. The van der Waals surface area contributed by atoms with Gasteiger partial charge in [0.1, 0.15) is 0 Å². The number of hydrogen-bond acceptors (Lipinski definition) is 5. The number of ether oxygens (including phenoxy) is 2. The molecule has 104 valence electrons. The first-order valence-corrected chi connectivity index (χ1v) is 6.53. The third-order valence-electron chi connectivity index (χ3n) is 3.25. The first-order chi connectivity index (χ1) is 9.20. The van der Waals surface area contributed by atoms with Crippen LogP contribution in [0.1, 0.15) is 28.9 Å². The molecule has 1 aromatic heterocycles. The highest BCUT2D eigenvalue weighted by molar-refractivity contribution is 5.90. The zero-order chi connectivity index (χ0) is 13.7. The van der Waals surface area contributed by atoms with Gasteiger partial charge in [-0.25, -0.2) is 4.79 Å². The van der Waals surface area contributed by atoms with Crippen molar-refractivity contribution in [3.8, 4) is 0 Å². The molecule has 0 radical (unpaired) electrons. The maximum atomic E-state index is 11.7. The molecule has 1 aliphatic heterocycles. The van der Waals surface area contributed by atoms with E-state index in [1.807, 2.05) is 7.05 Å². The summed E-state index contributed by atoms with van der Waals surface area (Å²) in [6.07, 6.45) is 4.24. The van der Waals surface area contributed by atoms with Gasteiger partial charge in [0.05, 0.1) is 24.5 Å². The molecule has 1 aromatic rings. The molecule has 5 heteroatoms. The van der Waals surface area contributed by atoms with Crippen LogP contribution in [0.15, 0.2) is 18.3 Å². The van der Waals surface area contributed by atoms with Crippen LogP contribution in [0.25, 0.3) is 0 Å². The molecule has 1 atom stereocenters. The highest BCUT2D eigenvalue weighted by atomic mass is 16.5. The molecule has 0 N–H and O–H groups in total. The third-order valence-corrected chi connectivity index (χ3v) is 3.25. The molecule has 2 rings (SSSR count). The summed E-state index contributed by atoms with van der Waals surface area (Å²) in [5.74, 6) is -0.339. The second-order valence-electron chi connectivity index (χ2n) is 4.82. The smallest absolute Gasteiger partial charge is 0.339 e. The minimum Gasteiger partial charge on any atom is -0.465 e. The fraction of sp³-hybridized carbons (Fsp3) is 0.571. The van der Waals surface area contributed by atoms with Gasteiger partial charge in [-0.3, -0.25) is 9.88 Å². The quantitative estimate of drug-likeness (QED) is 0.754. The van der Waals surface area contributed by atoms with E-state index >= 15 is 0 Å². The molecule has 5 nitrogen and oxygen atoms in total. The maximum Gasteiger partial charge on any atom is 0.339 e. The molecule has 0 aromatic carbocycles. The van der Waals surface area contributed by atoms with Crippen molar-refractivity contribution < 1.29 is 14.3 Å². The van der Waals surface area contributed by atoms with E-state index in [-0.39, 0.29) is 5.97 Å². The Morgan fingerprint density at radius 1 is 1.63 bits per heavy atom. The molecular formula is C14H20N2O3. The van der Waals surface area contributed by atoms with Crippen LogP contribution < -0.4 is 0 Å². The molecule has 0 aliphatic carbocycles. The summed E-state index contributed by atoms with van der Waals surface area (Å²) in [7, 11) is 3.40. The standard InChI is InChI=1S/C14H20N2O3/c1-16(9-11-5-4-8-19-11)10-13-12(14(17)18-2)6-3-7-15-13/h3,6-7,11H,4-5,8-10H2,1-2H3. The van der Waals surface area contributed by atoms with Gasteiger partial charge in [-0.2, -0.15) is 0 Å². The van der Waals surface area contributed by atoms with Gasteiger partial charge >= 0.3 is 5.97 Å². The van der Waals surface area contributed by atoms with E-state index in [4.69, 9.17) is 9.47 Å². The Labute approximate surface area is 113 Å². The lowest BCUT2D eigenvalue weighted by atomic mass is 10.1. The molecule has 19 heavy (non-hydrogen) atoms. The van der Waals surface area contributed by atoms with Crippen LogP contribution in [-0.2, 0) is 16.0 Å². The van der Waals surface area contributed by atoms with Gasteiger partial charge in [-0.1, -0.05) is 0 Å². The lowest BCUT2D eigenvalue weighted by molar-refractivity contribution is 0.0595. The number of carbonyl (C=O) groups excluding carboxylic acids is 1. The Bertz CT molecular complexity index is 430. The summed E-state index contributed by atoms with van der Waals surface area (Å²) in [5.41, 5.74) is 1.28. The van der Waals surface area contributed by atoms with Gasteiger partial charge < -0.3 is 9.47 Å². The maximum absolute atomic E-state index is 11.7. The lowest BCUT2D eigenvalue weighted by Crippen LogP contribution is -2.29. The van der Waals surface area contributed by atoms with E-state index in [9.17, 15) is 4.79 Å². The molecule has 1 unspecified atom stereocenters. The van der Waals surface area contributed by atoms with Crippen LogP contribution in [0.3, 0.4) is 0 Å². The minimum atomic E-state index is -0.339. The summed E-state index contributed by atoms with van der Waals surface area (Å²) in [6, 6.07) is 3.49. The third kappa shape index (κ3) is 3.75. The van der Waals surface area contributed by atoms with Crippen LogP contribution >= 0.6 is 0 Å². The van der Waals surface area contributed by atoms with Crippen molar-refractivity contribution in [3.05, 3.63) is 29.6 Å². The number of methoxy groups -OCH3 is 1. The largest absolute Gasteiger partial charge is 0.465 e. The van der Waals surface area contributed by atoms with Crippen LogP contribution in [0.2, 0.25) is 0 Å². The van der Waals surface area contributed by atoms with Crippen LogP contribution in [0.4, 0.5) is 0 Å². The average molecular weight is 264 g/mol. The average Bonchev–Trinajstić information content (AvgIpc) is 2.91. The van der Waals surface area contributed by atoms with Gasteiger partial charge in [0.25, 0.3) is 0 Å². The Hall–Kier alpha value is -1.46. The van der Waals surface area contributed by atoms with Crippen molar-refractivity contribution in [2.24, 2.45) is 0 Å². The first kappa shape index (κ1) is 14.0. The Balaban J connectivity index is 1.99. The van der Waals surface area contributed by atoms with Gasteiger partial charge in [-0.05, 0) is 32.0 Å². The first-order valence-electron chi connectivity index (χ1n) is 6.53. The van der Waals surface area contributed by atoms with Crippen molar-refractivity contribution in [3.63, 3.8) is 0 Å². The summed E-state index contributed by atoms with van der Waals surface area (Å²) in [5, 5.41) is 0. The topological polar surface area (TPSA) is 51.7 Å². The van der Waals surface area contributed by atoms with Crippen molar-refractivity contribution in [2.45, 2.75) is 25.5 Å². The molecule has 1 aliphatic rings. The van der Waals surface area contributed by atoms with Crippen molar-refractivity contribution in [1.29, 1.82) is 0 Å². The van der Waals surface area contributed by atoms with Crippen LogP contribution in [-0.4, -0.2) is 49.3 Å². The second-order valence-corrected chi connectivity index (χ2v) is 4.82. The molecule has 1 saturated heterocycles. The van der Waals surface area contributed by atoms with Gasteiger partial charge in [0, 0.05) is 25.9 Å². The Kier molecular flexibility index (Phi) is 4.87. The Morgan fingerprint density at radius 3 is 3.16 bits per heavy atom. The van der Waals surface area contributed by atoms with E-state index in [0.29, 0.717) is 18.2 Å². The molecule has 1 fully saturated rings. The predicted molar refractivity (Wildman–Crippen MR) is 70.9 cm³/mol. The molecule has 2 heterocycles. The monoisotopic (exact) mass is 264 g/mol. The van der Waals surface area contributed by atoms with Crippen LogP contribution in [0, 0.1) is 0 Å². The van der Waals surface area contributed by atoms with Gasteiger partial charge in [-0.15, -0.1) is 0 Å². The van der Waals surface area contributed by atoms with Crippen molar-refractivity contribution in [1.82, 2.24) is 9.88 Å². The highest BCUT2D eigenvalue weighted by Crippen LogP contribution is 2.15. The fourth-order valence-corrected chi connectivity index (χ4v) is 2.32. The molecule has 0 amide bonds. The minimum absolute atomic E-state index is 0.301. The SMILES string of the molecule is COC(=O)c1cccnc1CN(C)CC1CCCO1. The summed E-state index contributed by atoms with van der Waals surface area (Å²) in [4.78, 5) is 18.1. The van der Waals surface area contributed by atoms with E-state index < -0.39 is 0 Å². The molecule has 0 bridgehead atoms. The lowest BCUT2D eigenvalue weighted by Gasteiger charge is -2.20. The van der Waals surface area contributed by atoms with E-state index in [1.54, 1.807) is 18.3 Å². The van der Waals surface area contributed by atoms with Crippen molar-refractivity contribution >= 4 is 5.97 Å². The van der Waals surface area contributed by atoms with E-state index in [0.717, 1.165) is 31.7 Å².